The van der Waals surface area contributed by atoms with Gasteiger partial charge in [0.15, 0.2) is 0 Å². The number of carbonyl (C=O) groups excluding carboxylic acids is 3. The molecule has 122 valence electrons. The van der Waals surface area contributed by atoms with E-state index in [0.717, 1.165) is 4.88 Å². The first-order valence-electron chi connectivity index (χ1n) is 6.59. The number of carbonyl (C=O) groups is 3. The fourth-order valence-electron chi connectivity index (χ4n) is 1.69. The lowest BCUT2D eigenvalue weighted by atomic mass is 10.3. The Morgan fingerprint density at radius 2 is 2.04 bits per heavy atom. The molecule has 2 N–H and O–H groups in total. The van der Waals surface area contributed by atoms with Gasteiger partial charge in [-0.25, -0.2) is 4.79 Å². The molecule has 0 fully saturated rings. The van der Waals surface area contributed by atoms with Crippen LogP contribution in [-0.2, 0) is 16.0 Å². The first kappa shape index (κ1) is 17.5. The van der Waals surface area contributed by atoms with Crippen LogP contribution < -0.4 is 10.6 Å². The predicted octanol–water partition coefficient (Wildman–Crippen LogP) is 3.53. The molecule has 0 aliphatic heterocycles. The second-order valence-corrected chi connectivity index (χ2v) is 6.98. The molecule has 6 nitrogen and oxygen atoms in total. The van der Waals surface area contributed by atoms with E-state index in [4.69, 9.17) is 11.6 Å². The van der Waals surface area contributed by atoms with Gasteiger partial charge in [-0.2, -0.15) is 0 Å². The van der Waals surface area contributed by atoms with Gasteiger partial charge in [-0.1, -0.05) is 11.6 Å². The number of hydrogen-bond acceptors (Lipinski definition) is 6. The largest absolute Gasteiger partial charge is 0.450 e. The van der Waals surface area contributed by atoms with Gasteiger partial charge in [0.2, 0.25) is 5.91 Å². The number of rotatable bonds is 5. The third-order valence-corrected chi connectivity index (χ3v) is 4.68. The summed E-state index contributed by atoms with van der Waals surface area (Å²) in [4.78, 5) is 36.1. The number of halogens is 1. The topological polar surface area (TPSA) is 84.5 Å². The molecule has 9 heteroatoms. The first-order chi connectivity index (χ1) is 11.0. The zero-order valence-electron chi connectivity index (χ0n) is 12.1. The Balaban J connectivity index is 1.98. The molecule has 2 aromatic heterocycles. The quantitative estimate of drug-likeness (QED) is 0.840. The van der Waals surface area contributed by atoms with Crippen molar-refractivity contribution in [3.8, 4) is 0 Å². The molecule has 0 aliphatic carbocycles. The summed E-state index contributed by atoms with van der Waals surface area (Å²) in [5.74, 6) is -0.893. The summed E-state index contributed by atoms with van der Waals surface area (Å²) in [5.41, 5.74) is 0.209. The summed E-state index contributed by atoms with van der Waals surface area (Å²) in [6.45, 7) is 1.80. The third-order valence-electron chi connectivity index (χ3n) is 2.62. The van der Waals surface area contributed by atoms with Crippen LogP contribution in [0.5, 0.6) is 0 Å². The Morgan fingerprint density at radius 3 is 2.70 bits per heavy atom. The Labute approximate surface area is 145 Å². The van der Waals surface area contributed by atoms with Crippen molar-refractivity contribution in [2.45, 2.75) is 13.3 Å². The summed E-state index contributed by atoms with van der Waals surface area (Å²) in [7, 11) is 0. The highest BCUT2D eigenvalue weighted by atomic mass is 35.5. The SMILES string of the molecule is CCOC(=O)NC(=O)c1ccsc1NC(=O)Cc1ccc(Cl)s1. The lowest BCUT2D eigenvalue weighted by Crippen LogP contribution is -2.31. The van der Waals surface area contributed by atoms with Crippen molar-refractivity contribution in [1.29, 1.82) is 0 Å². The van der Waals surface area contributed by atoms with Gasteiger partial charge in [-0.05, 0) is 30.5 Å². The minimum atomic E-state index is -0.825. The highest BCUT2D eigenvalue weighted by Crippen LogP contribution is 2.25. The Morgan fingerprint density at radius 1 is 1.26 bits per heavy atom. The normalized spacial score (nSPS) is 10.2. The number of amides is 3. The molecule has 0 bridgehead atoms. The lowest BCUT2D eigenvalue weighted by Gasteiger charge is -2.06. The molecule has 2 rings (SSSR count). The minimum Gasteiger partial charge on any atom is -0.450 e. The van der Waals surface area contributed by atoms with E-state index in [1.807, 2.05) is 0 Å². The van der Waals surface area contributed by atoms with Crippen molar-refractivity contribution in [3.63, 3.8) is 0 Å². The van der Waals surface area contributed by atoms with Crippen LogP contribution in [0, 0.1) is 0 Å². The highest BCUT2D eigenvalue weighted by Gasteiger charge is 2.18. The molecule has 0 unspecified atom stereocenters. The Hall–Kier alpha value is -1.90. The lowest BCUT2D eigenvalue weighted by molar-refractivity contribution is -0.115. The highest BCUT2D eigenvalue weighted by molar-refractivity contribution is 7.16. The number of imide groups is 1. The van der Waals surface area contributed by atoms with Gasteiger partial charge in [-0.3, -0.25) is 14.9 Å². The molecule has 0 spiro atoms. The molecule has 2 aromatic rings. The van der Waals surface area contributed by atoms with Crippen molar-refractivity contribution in [3.05, 3.63) is 38.4 Å². The van der Waals surface area contributed by atoms with Gasteiger partial charge in [-0.15, -0.1) is 22.7 Å². The summed E-state index contributed by atoms with van der Waals surface area (Å²) >= 11 is 8.34. The van der Waals surface area contributed by atoms with Crippen LogP contribution in [0.2, 0.25) is 4.34 Å². The molecule has 0 saturated carbocycles. The molecule has 0 atom stereocenters. The Bertz CT molecular complexity index is 726. The zero-order chi connectivity index (χ0) is 16.8. The summed E-state index contributed by atoms with van der Waals surface area (Å²) in [6.07, 6.45) is -0.664. The standard InChI is InChI=1S/C14H13ClN2O4S2/c1-2-21-14(20)17-12(19)9-5-6-22-13(9)16-11(18)7-8-3-4-10(15)23-8/h3-6H,2,7H2,1H3,(H,16,18)(H,17,19,20). The second kappa shape index (κ2) is 8.09. The van der Waals surface area contributed by atoms with Gasteiger partial charge in [0.1, 0.15) is 5.00 Å². The van der Waals surface area contributed by atoms with Crippen LogP contribution in [0.4, 0.5) is 9.80 Å². The van der Waals surface area contributed by atoms with Crippen molar-refractivity contribution in [2.24, 2.45) is 0 Å². The number of anilines is 1. The van der Waals surface area contributed by atoms with Gasteiger partial charge in [0.25, 0.3) is 5.91 Å². The molecule has 0 radical (unpaired) electrons. The average Bonchev–Trinajstić information content (AvgIpc) is 3.08. The molecule has 23 heavy (non-hydrogen) atoms. The molecule has 0 saturated heterocycles. The second-order valence-electron chi connectivity index (χ2n) is 4.27. The van der Waals surface area contributed by atoms with E-state index in [2.05, 4.69) is 15.4 Å². The number of thiophene rings is 2. The van der Waals surface area contributed by atoms with Crippen LogP contribution in [0.3, 0.4) is 0 Å². The van der Waals surface area contributed by atoms with E-state index in [1.165, 1.54) is 28.7 Å². The van der Waals surface area contributed by atoms with E-state index in [1.54, 1.807) is 24.4 Å². The Kier molecular flexibility index (Phi) is 6.14. The maximum atomic E-state index is 12.0. The van der Waals surface area contributed by atoms with Crippen molar-refractivity contribution in [2.75, 3.05) is 11.9 Å². The van der Waals surface area contributed by atoms with E-state index in [-0.39, 0.29) is 24.5 Å². The fraction of sp³-hybridized carbons (Fsp3) is 0.214. The van der Waals surface area contributed by atoms with E-state index >= 15 is 0 Å². The molecule has 0 aromatic carbocycles. The third kappa shape index (κ3) is 5.05. The first-order valence-corrected chi connectivity index (χ1v) is 8.66. The molecular formula is C14H13ClN2O4S2. The predicted molar refractivity (Wildman–Crippen MR) is 90.5 cm³/mol. The minimum absolute atomic E-state index is 0.161. The van der Waals surface area contributed by atoms with Crippen molar-refractivity contribution in [1.82, 2.24) is 5.32 Å². The van der Waals surface area contributed by atoms with E-state index in [0.29, 0.717) is 9.34 Å². The summed E-state index contributed by atoms with van der Waals surface area (Å²) in [6, 6.07) is 5.02. The molecular weight excluding hydrogens is 360 g/mol. The van der Waals surface area contributed by atoms with Crippen LogP contribution in [-0.4, -0.2) is 24.5 Å². The number of ether oxygens (including phenoxy) is 1. The van der Waals surface area contributed by atoms with Crippen LogP contribution in [0.1, 0.15) is 22.2 Å². The van der Waals surface area contributed by atoms with Crippen molar-refractivity contribution >= 4 is 57.2 Å². The fourth-order valence-corrected chi connectivity index (χ4v) is 3.57. The van der Waals surface area contributed by atoms with Gasteiger partial charge in [0.05, 0.1) is 22.9 Å². The van der Waals surface area contributed by atoms with Gasteiger partial charge in [0, 0.05) is 4.88 Å². The number of nitrogens with one attached hydrogen (secondary N) is 2. The number of alkyl carbamates (subject to hydrolysis) is 1. The zero-order valence-corrected chi connectivity index (χ0v) is 14.4. The van der Waals surface area contributed by atoms with E-state index < -0.39 is 12.0 Å². The molecule has 2 heterocycles. The summed E-state index contributed by atoms with van der Waals surface area (Å²) in [5, 5.41) is 6.78. The smallest absolute Gasteiger partial charge is 0.414 e. The van der Waals surface area contributed by atoms with Crippen molar-refractivity contribution < 1.29 is 19.1 Å². The van der Waals surface area contributed by atoms with E-state index in [9.17, 15) is 14.4 Å². The van der Waals surface area contributed by atoms with Crippen LogP contribution in [0.25, 0.3) is 0 Å². The van der Waals surface area contributed by atoms with Crippen LogP contribution in [0.15, 0.2) is 23.6 Å². The molecule has 0 aliphatic rings. The monoisotopic (exact) mass is 372 g/mol. The maximum Gasteiger partial charge on any atom is 0.414 e. The van der Waals surface area contributed by atoms with Gasteiger partial charge >= 0.3 is 6.09 Å². The average molecular weight is 373 g/mol. The molecule has 3 amide bonds. The summed E-state index contributed by atoms with van der Waals surface area (Å²) < 4.78 is 5.26. The van der Waals surface area contributed by atoms with Crippen LogP contribution >= 0.6 is 34.3 Å². The number of hydrogen-bond donors (Lipinski definition) is 2. The maximum absolute atomic E-state index is 12.0. The van der Waals surface area contributed by atoms with Gasteiger partial charge < -0.3 is 10.1 Å².